The van der Waals surface area contributed by atoms with Crippen molar-refractivity contribution in [2.24, 2.45) is 0 Å². The first-order valence-corrected chi connectivity index (χ1v) is 13.7. The average molecular weight is 526 g/mol. The number of ether oxygens (including phenoxy) is 2. The molecule has 0 saturated heterocycles. The molecule has 2 N–H and O–H groups in total. The van der Waals surface area contributed by atoms with Gasteiger partial charge in [-0.3, -0.25) is 9.52 Å². The van der Waals surface area contributed by atoms with Gasteiger partial charge in [-0.25, -0.2) is 17.9 Å². The Kier molecular flexibility index (Phi) is 7.82. The molecule has 2 aromatic heterocycles. The van der Waals surface area contributed by atoms with E-state index in [2.05, 4.69) is 26.7 Å². The fraction of sp³-hybridized carbons (Fsp3) is 0.346. The molecule has 196 valence electrons. The van der Waals surface area contributed by atoms with Gasteiger partial charge in [0.1, 0.15) is 17.3 Å². The third-order valence-electron chi connectivity index (χ3n) is 5.91. The summed E-state index contributed by atoms with van der Waals surface area (Å²) in [5.74, 6) is 1.66. The normalized spacial score (nSPS) is 11.6. The van der Waals surface area contributed by atoms with Crippen LogP contribution in [0.3, 0.4) is 0 Å². The number of hydrogen-bond donors (Lipinski definition) is 2. The molecule has 37 heavy (non-hydrogen) atoms. The number of H-pyrrole nitrogens is 1. The lowest BCUT2D eigenvalue weighted by Crippen LogP contribution is -2.17. The summed E-state index contributed by atoms with van der Waals surface area (Å²) >= 11 is 0. The maximum atomic E-state index is 13.3. The van der Waals surface area contributed by atoms with Gasteiger partial charge in [-0.1, -0.05) is 31.9 Å². The van der Waals surface area contributed by atoms with E-state index < -0.39 is 10.0 Å². The summed E-state index contributed by atoms with van der Waals surface area (Å²) in [6.07, 6.45) is 3.70. The van der Waals surface area contributed by atoms with Gasteiger partial charge >= 0.3 is 0 Å². The molecular formula is C26H31N5O5S. The van der Waals surface area contributed by atoms with Crippen LogP contribution in [0.1, 0.15) is 44.6 Å². The van der Waals surface area contributed by atoms with Crippen molar-refractivity contribution in [3.8, 4) is 22.9 Å². The fourth-order valence-corrected chi connectivity index (χ4v) is 5.22. The Morgan fingerprint density at radius 2 is 1.86 bits per heavy atom. The molecule has 2 aromatic carbocycles. The Morgan fingerprint density at radius 1 is 1.08 bits per heavy atom. The summed E-state index contributed by atoms with van der Waals surface area (Å²) in [6, 6.07) is 11.2. The lowest BCUT2D eigenvalue weighted by atomic mass is 10.2. The molecule has 0 spiro atoms. The Balaban J connectivity index is 1.82. The van der Waals surface area contributed by atoms with E-state index in [9.17, 15) is 13.2 Å². The Morgan fingerprint density at radius 3 is 2.59 bits per heavy atom. The summed E-state index contributed by atoms with van der Waals surface area (Å²) < 4.78 is 41.7. The zero-order valence-electron chi connectivity index (χ0n) is 21.4. The number of aryl methyl sites for hydroxylation is 2. The molecule has 0 unspecified atom stereocenters. The van der Waals surface area contributed by atoms with E-state index in [1.54, 1.807) is 41.8 Å². The fourth-order valence-electron chi connectivity index (χ4n) is 4.13. The molecule has 0 saturated carbocycles. The quantitative estimate of drug-likeness (QED) is 0.279. The van der Waals surface area contributed by atoms with Gasteiger partial charge in [0.15, 0.2) is 11.3 Å². The number of unbranched alkanes of at least 4 members (excludes halogenated alkanes) is 2. The second-order valence-electron chi connectivity index (χ2n) is 8.53. The Bertz CT molecular complexity index is 1580. The number of para-hydroxylation sites is 2. The third kappa shape index (κ3) is 5.46. The van der Waals surface area contributed by atoms with Crippen molar-refractivity contribution in [3.05, 3.63) is 64.3 Å². The summed E-state index contributed by atoms with van der Waals surface area (Å²) in [6.45, 7) is 6.06. The van der Waals surface area contributed by atoms with Crippen molar-refractivity contribution >= 4 is 21.2 Å². The molecule has 4 rings (SSSR count). The van der Waals surface area contributed by atoms with Gasteiger partial charge in [-0.2, -0.15) is 0 Å². The molecular weight excluding hydrogens is 494 g/mol. The van der Waals surface area contributed by atoms with Crippen LogP contribution in [0.25, 0.3) is 16.9 Å². The highest BCUT2D eigenvalue weighted by molar-refractivity contribution is 7.92. The van der Waals surface area contributed by atoms with E-state index in [0.29, 0.717) is 52.8 Å². The van der Waals surface area contributed by atoms with Gasteiger partial charge < -0.3 is 14.5 Å². The molecule has 11 heteroatoms. The minimum absolute atomic E-state index is 0.0235. The van der Waals surface area contributed by atoms with Crippen molar-refractivity contribution in [2.45, 2.75) is 51.3 Å². The molecule has 4 aromatic rings. The highest BCUT2D eigenvalue weighted by atomic mass is 32.2. The summed E-state index contributed by atoms with van der Waals surface area (Å²) in [4.78, 5) is 20.4. The van der Waals surface area contributed by atoms with Gasteiger partial charge in [-0.05, 0) is 50.6 Å². The molecule has 0 atom stereocenters. The second-order valence-corrected chi connectivity index (χ2v) is 10.2. The van der Waals surface area contributed by atoms with Gasteiger partial charge in [0, 0.05) is 6.42 Å². The Hall–Kier alpha value is -3.86. The standard InChI is InChI=1S/C26H31N5O5S/c1-5-7-8-13-23-27-17(3)24-26(32)28-25(29-31(23)24)19-16-18(14-15-21(19)36-6-2)37(33,34)30-20-11-9-10-12-22(20)35-4/h9-12,14-16,30H,5-8,13H2,1-4H3,(H,28,29,32). The maximum absolute atomic E-state index is 13.3. The number of methoxy groups -OCH3 is 1. The van der Waals surface area contributed by atoms with E-state index in [1.807, 2.05) is 6.92 Å². The van der Waals surface area contributed by atoms with Gasteiger partial charge in [-0.15, -0.1) is 5.10 Å². The van der Waals surface area contributed by atoms with E-state index in [4.69, 9.17) is 9.47 Å². The van der Waals surface area contributed by atoms with Crippen molar-refractivity contribution in [1.29, 1.82) is 0 Å². The summed E-state index contributed by atoms with van der Waals surface area (Å²) in [7, 11) is -2.54. The number of benzene rings is 2. The van der Waals surface area contributed by atoms with Gasteiger partial charge in [0.25, 0.3) is 15.6 Å². The van der Waals surface area contributed by atoms with Crippen LogP contribution in [0, 0.1) is 6.92 Å². The minimum Gasteiger partial charge on any atom is -0.495 e. The zero-order chi connectivity index (χ0) is 26.6. The number of imidazole rings is 1. The number of nitrogens with one attached hydrogen (secondary N) is 2. The Labute approximate surface area is 215 Å². The van der Waals surface area contributed by atoms with Crippen LogP contribution in [0.2, 0.25) is 0 Å². The van der Waals surface area contributed by atoms with Crippen LogP contribution in [-0.2, 0) is 16.4 Å². The first kappa shape index (κ1) is 26.2. The van der Waals surface area contributed by atoms with Crippen LogP contribution in [0.5, 0.6) is 11.5 Å². The number of sulfonamides is 1. The van der Waals surface area contributed by atoms with E-state index in [-0.39, 0.29) is 16.3 Å². The van der Waals surface area contributed by atoms with E-state index in [1.165, 1.54) is 19.2 Å². The van der Waals surface area contributed by atoms with E-state index >= 15 is 0 Å². The van der Waals surface area contributed by atoms with Crippen molar-refractivity contribution in [2.75, 3.05) is 18.4 Å². The minimum atomic E-state index is -4.00. The van der Waals surface area contributed by atoms with Gasteiger partial charge in [0.05, 0.1) is 35.6 Å². The number of anilines is 1. The molecule has 0 aliphatic rings. The van der Waals surface area contributed by atoms with E-state index in [0.717, 1.165) is 19.3 Å². The predicted octanol–water partition coefficient (Wildman–Crippen LogP) is 4.33. The number of hydrogen-bond acceptors (Lipinski definition) is 7. The third-order valence-corrected chi connectivity index (χ3v) is 7.28. The van der Waals surface area contributed by atoms with Crippen molar-refractivity contribution in [1.82, 2.24) is 19.6 Å². The van der Waals surface area contributed by atoms with Crippen LogP contribution in [-0.4, -0.2) is 41.7 Å². The first-order chi connectivity index (χ1) is 17.8. The monoisotopic (exact) mass is 525 g/mol. The largest absolute Gasteiger partial charge is 0.495 e. The average Bonchev–Trinajstić information content (AvgIpc) is 3.20. The van der Waals surface area contributed by atoms with Crippen LogP contribution < -0.4 is 19.8 Å². The first-order valence-electron chi connectivity index (χ1n) is 12.2. The zero-order valence-corrected chi connectivity index (χ0v) is 22.2. The topological polar surface area (TPSA) is 128 Å². The molecule has 0 radical (unpaired) electrons. The lowest BCUT2D eigenvalue weighted by Gasteiger charge is -2.14. The van der Waals surface area contributed by atoms with Crippen molar-refractivity contribution < 1.29 is 17.9 Å². The number of aromatic amines is 1. The SMILES string of the molecule is CCCCCc1nc(C)c2c(=O)[nH]c(-c3cc(S(=O)(=O)Nc4ccccc4OC)ccc3OCC)nn12. The number of fused-ring (bicyclic) bond motifs is 1. The molecule has 0 aliphatic carbocycles. The van der Waals surface area contributed by atoms with Crippen LogP contribution >= 0.6 is 0 Å². The number of nitrogens with zero attached hydrogens (tertiary/aromatic N) is 3. The molecule has 0 fully saturated rings. The molecule has 10 nitrogen and oxygen atoms in total. The molecule has 0 bridgehead atoms. The summed E-state index contributed by atoms with van der Waals surface area (Å²) in [5, 5.41) is 4.67. The second kappa shape index (κ2) is 11.0. The van der Waals surface area contributed by atoms with Crippen molar-refractivity contribution in [3.63, 3.8) is 0 Å². The predicted molar refractivity (Wildman–Crippen MR) is 142 cm³/mol. The van der Waals surface area contributed by atoms with Crippen LogP contribution in [0.4, 0.5) is 5.69 Å². The van der Waals surface area contributed by atoms with Crippen LogP contribution in [0.15, 0.2) is 52.2 Å². The number of rotatable bonds is 11. The molecule has 2 heterocycles. The highest BCUT2D eigenvalue weighted by Gasteiger charge is 2.22. The summed E-state index contributed by atoms with van der Waals surface area (Å²) in [5.41, 5.74) is 1.25. The highest BCUT2D eigenvalue weighted by Crippen LogP contribution is 2.32. The number of aromatic nitrogens is 4. The maximum Gasteiger partial charge on any atom is 0.277 e. The smallest absolute Gasteiger partial charge is 0.277 e. The molecule has 0 amide bonds. The molecule has 0 aliphatic heterocycles. The lowest BCUT2D eigenvalue weighted by molar-refractivity contribution is 0.341. The van der Waals surface area contributed by atoms with Gasteiger partial charge in [0.2, 0.25) is 0 Å².